The van der Waals surface area contributed by atoms with Crippen LogP contribution in [-0.4, -0.2) is 43.3 Å². The highest BCUT2D eigenvalue weighted by Gasteiger charge is 2.34. The van der Waals surface area contributed by atoms with Crippen molar-refractivity contribution in [3.05, 3.63) is 46.4 Å². The number of aromatic nitrogens is 2. The van der Waals surface area contributed by atoms with E-state index in [1.165, 1.54) is 0 Å². The van der Waals surface area contributed by atoms with E-state index in [2.05, 4.69) is 14.9 Å². The molecule has 2 heterocycles. The molecule has 9 heteroatoms. The van der Waals surface area contributed by atoms with E-state index in [0.29, 0.717) is 32.2 Å². The number of halogens is 3. The Morgan fingerprint density at radius 3 is 2.24 bits per heavy atom. The maximum Gasteiger partial charge on any atom is 0.433 e. The zero-order valence-electron chi connectivity index (χ0n) is 13.5. The number of nitrogens with zero attached hydrogens (tertiary/aromatic N) is 3. The van der Waals surface area contributed by atoms with Crippen LogP contribution in [0.4, 0.5) is 24.8 Å². The molecular weight excluding hydrogens is 337 g/mol. The van der Waals surface area contributed by atoms with Gasteiger partial charge < -0.3 is 14.5 Å². The Bertz CT molecular complexity index is 781. The van der Waals surface area contributed by atoms with Crippen molar-refractivity contribution in [2.24, 2.45) is 0 Å². The molecule has 6 nitrogen and oxygen atoms in total. The molecule has 0 saturated carbocycles. The Labute approximate surface area is 141 Å². The third kappa shape index (κ3) is 3.86. The van der Waals surface area contributed by atoms with Crippen LogP contribution >= 0.6 is 0 Å². The average Bonchev–Trinajstić information content (AvgIpc) is 2.61. The highest BCUT2D eigenvalue weighted by atomic mass is 19.4. The van der Waals surface area contributed by atoms with Gasteiger partial charge in [0.1, 0.15) is 5.75 Å². The summed E-state index contributed by atoms with van der Waals surface area (Å²) in [5.74, 6) is 0.710. The second-order valence-corrected chi connectivity index (χ2v) is 5.62. The first-order valence-electron chi connectivity index (χ1n) is 7.69. The number of hydrogen-bond donors (Lipinski definition) is 1. The zero-order valence-corrected chi connectivity index (χ0v) is 13.5. The minimum atomic E-state index is -4.64. The van der Waals surface area contributed by atoms with Crippen molar-refractivity contribution >= 4 is 11.6 Å². The molecule has 2 aromatic rings. The van der Waals surface area contributed by atoms with Gasteiger partial charge in [0.2, 0.25) is 5.95 Å². The third-order valence-corrected chi connectivity index (χ3v) is 4.04. The number of H-pyrrole nitrogens is 1. The van der Waals surface area contributed by atoms with Gasteiger partial charge in [-0.1, -0.05) is 0 Å². The molecule has 0 radical (unpaired) electrons. The lowest BCUT2D eigenvalue weighted by Crippen LogP contribution is -2.47. The van der Waals surface area contributed by atoms with Gasteiger partial charge in [0, 0.05) is 37.9 Å². The van der Waals surface area contributed by atoms with Gasteiger partial charge >= 0.3 is 6.18 Å². The number of benzene rings is 1. The van der Waals surface area contributed by atoms with E-state index in [9.17, 15) is 18.0 Å². The predicted molar refractivity (Wildman–Crippen MR) is 87.3 cm³/mol. The molecule has 0 aliphatic carbocycles. The number of hydrogen-bond acceptors (Lipinski definition) is 5. The fraction of sp³-hybridized carbons (Fsp3) is 0.375. The Kier molecular flexibility index (Phi) is 4.56. The van der Waals surface area contributed by atoms with Gasteiger partial charge in [0.15, 0.2) is 5.69 Å². The number of nitrogens with one attached hydrogen (secondary N) is 1. The van der Waals surface area contributed by atoms with Crippen LogP contribution in [0.2, 0.25) is 0 Å². The summed E-state index contributed by atoms with van der Waals surface area (Å²) in [5.41, 5.74) is -0.982. The van der Waals surface area contributed by atoms with Crippen molar-refractivity contribution in [2.45, 2.75) is 6.18 Å². The summed E-state index contributed by atoms with van der Waals surface area (Å²) in [6, 6.07) is 8.04. The normalized spacial score (nSPS) is 15.4. The lowest BCUT2D eigenvalue weighted by molar-refractivity contribution is -0.141. The number of rotatable bonds is 3. The molecule has 0 atom stereocenters. The monoisotopic (exact) mass is 354 g/mol. The van der Waals surface area contributed by atoms with E-state index < -0.39 is 17.4 Å². The quantitative estimate of drug-likeness (QED) is 0.915. The molecule has 25 heavy (non-hydrogen) atoms. The Hall–Kier alpha value is -2.71. The van der Waals surface area contributed by atoms with Crippen LogP contribution in [0.25, 0.3) is 0 Å². The minimum absolute atomic E-state index is 0.0470. The summed E-state index contributed by atoms with van der Waals surface area (Å²) in [5, 5.41) is 0. The Morgan fingerprint density at radius 1 is 1.08 bits per heavy atom. The molecule has 3 rings (SSSR count). The molecule has 1 aliphatic rings. The van der Waals surface area contributed by atoms with Crippen LogP contribution in [0, 0.1) is 0 Å². The van der Waals surface area contributed by atoms with Crippen LogP contribution in [0.3, 0.4) is 0 Å². The lowest BCUT2D eigenvalue weighted by Gasteiger charge is -2.36. The molecule has 1 fully saturated rings. The van der Waals surface area contributed by atoms with Gasteiger partial charge in [0.05, 0.1) is 7.11 Å². The maximum atomic E-state index is 12.8. The van der Waals surface area contributed by atoms with E-state index in [1.807, 2.05) is 24.3 Å². The molecule has 1 saturated heterocycles. The van der Waals surface area contributed by atoms with E-state index >= 15 is 0 Å². The lowest BCUT2D eigenvalue weighted by atomic mass is 10.2. The van der Waals surface area contributed by atoms with Crippen LogP contribution in [0.1, 0.15) is 5.69 Å². The predicted octanol–water partition coefficient (Wildman–Crippen LogP) is 2.12. The van der Waals surface area contributed by atoms with Crippen molar-refractivity contribution in [1.82, 2.24) is 9.97 Å². The second-order valence-electron chi connectivity index (χ2n) is 5.62. The number of alkyl halides is 3. The van der Waals surface area contributed by atoms with Gasteiger partial charge in [-0.25, -0.2) is 4.98 Å². The summed E-state index contributed by atoms with van der Waals surface area (Å²) >= 11 is 0. The molecule has 134 valence electrons. The number of piperazine rings is 1. The van der Waals surface area contributed by atoms with Crippen molar-refractivity contribution < 1.29 is 17.9 Å². The molecule has 1 aromatic carbocycles. The van der Waals surface area contributed by atoms with Crippen LogP contribution in [0.5, 0.6) is 5.75 Å². The van der Waals surface area contributed by atoms with E-state index in [1.54, 1.807) is 12.0 Å². The van der Waals surface area contributed by atoms with Gasteiger partial charge in [-0.2, -0.15) is 13.2 Å². The smallest absolute Gasteiger partial charge is 0.433 e. The van der Waals surface area contributed by atoms with E-state index in [-0.39, 0.29) is 5.95 Å². The number of anilines is 2. The molecule has 0 spiro atoms. The van der Waals surface area contributed by atoms with Crippen molar-refractivity contribution in [3.8, 4) is 5.75 Å². The van der Waals surface area contributed by atoms with Gasteiger partial charge in [-0.05, 0) is 24.3 Å². The summed E-state index contributed by atoms with van der Waals surface area (Å²) in [6.07, 6.45) is -4.64. The van der Waals surface area contributed by atoms with Crippen molar-refractivity contribution in [1.29, 1.82) is 0 Å². The number of ether oxygens (including phenoxy) is 1. The SMILES string of the molecule is COc1ccc(N2CCN(c3nc(C(F)(F)F)cc(=O)[nH]3)CC2)cc1. The van der Waals surface area contributed by atoms with Crippen LogP contribution in [0.15, 0.2) is 35.1 Å². The number of methoxy groups -OCH3 is 1. The number of aromatic amines is 1. The molecule has 0 amide bonds. The molecule has 1 N–H and O–H groups in total. The van der Waals surface area contributed by atoms with Crippen LogP contribution in [-0.2, 0) is 6.18 Å². The first-order chi connectivity index (χ1) is 11.9. The standard InChI is InChI=1S/C16H17F3N4O2/c1-25-12-4-2-11(3-5-12)22-6-8-23(9-7-22)15-20-13(16(17,18)19)10-14(24)21-15/h2-5,10H,6-9H2,1H3,(H,20,21,24). The Balaban J connectivity index is 1.71. The van der Waals surface area contributed by atoms with Gasteiger partial charge in [0.25, 0.3) is 5.56 Å². The molecule has 0 unspecified atom stereocenters. The largest absolute Gasteiger partial charge is 0.497 e. The maximum absolute atomic E-state index is 12.8. The zero-order chi connectivity index (χ0) is 18.0. The molecule has 0 bridgehead atoms. The fourth-order valence-corrected chi connectivity index (χ4v) is 2.71. The first kappa shape index (κ1) is 17.1. The van der Waals surface area contributed by atoms with Crippen LogP contribution < -0.4 is 20.1 Å². The molecule has 1 aromatic heterocycles. The summed E-state index contributed by atoms with van der Waals surface area (Å²) in [7, 11) is 1.59. The third-order valence-electron chi connectivity index (χ3n) is 4.04. The highest BCUT2D eigenvalue weighted by molar-refractivity contribution is 5.50. The van der Waals surface area contributed by atoms with Gasteiger partial charge in [-0.15, -0.1) is 0 Å². The van der Waals surface area contributed by atoms with Crippen molar-refractivity contribution in [2.75, 3.05) is 43.1 Å². The summed E-state index contributed by atoms with van der Waals surface area (Å²) in [6.45, 7) is 2.12. The molecule has 1 aliphatic heterocycles. The molecular formula is C16H17F3N4O2. The highest BCUT2D eigenvalue weighted by Crippen LogP contribution is 2.28. The van der Waals surface area contributed by atoms with E-state index in [0.717, 1.165) is 11.4 Å². The Morgan fingerprint density at radius 2 is 1.68 bits per heavy atom. The van der Waals surface area contributed by atoms with E-state index in [4.69, 9.17) is 4.74 Å². The summed E-state index contributed by atoms with van der Waals surface area (Å²) < 4.78 is 43.5. The second kappa shape index (κ2) is 6.66. The average molecular weight is 354 g/mol. The fourth-order valence-electron chi connectivity index (χ4n) is 2.71. The first-order valence-corrected chi connectivity index (χ1v) is 7.69. The topological polar surface area (TPSA) is 61.5 Å². The summed E-state index contributed by atoms with van der Waals surface area (Å²) in [4.78, 5) is 21.2. The van der Waals surface area contributed by atoms with Crippen molar-refractivity contribution in [3.63, 3.8) is 0 Å². The minimum Gasteiger partial charge on any atom is -0.497 e. The van der Waals surface area contributed by atoms with Gasteiger partial charge in [-0.3, -0.25) is 9.78 Å².